The van der Waals surface area contributed by atoms with Gasteiger partial charge in [-0.05, 0) is 6.42 Å². The van der Waals surface area contributed by atoms with Crippen LogP contribution in [0, 0.1) is 0 Å². The van der Waals surface area contributed by atoms with Gasteiger partial charge in [-0.3, -0.25) is 4.79 Å². The van der Waals surface area contributed by atoms with Crippen LogP contribution in [0.4, 0.5) is 8.78 Å². The van der Waals surface area contributed by atoms with E-state index in [1.807, 2.05) is 6.92 Å². The molecule has 0 saturated carbocycles. The second-order valence-electron chi connectivity index (χ2n) is 3.64. The highest BCUT2D eigenvalue weighted by atomic mass is 32.2. The van der Waals surface area contributed by atoms with E-state index in [4.69, 9.17) is 0 Å². The molecule has 0 atom stereocenters. The summed E-state index contributed by atoms with van der Waals surface area (Å²) in [5, 5.41) is -3.15. The molecule has 17 heavy (non-hydrogen) atoms. The fourth-order valence-corrected chi connectivity index (χ4v) is 1.45. The summed E-state index contributed by atoms with van der Waals surface area (Å²) in [7, 11) is -5.95. The van der Waals surface area contributed by atoms with Gasteiger partial charge >= 0.3 is 11.2 Å². The van der Waals surface area contributed by atoms with E-state index < -0.39 is 21.3 Å². The Balaban J connectivity index is 3.96. The fourth-order valence-electron chi connectivity index (χ4n) is 1.15. The van der Waals surface area contributed by atoms with Crippen LogP contribution in [0.2, 0.25) is 0 Å². The number of alkyl halides is 2. The quantitative estimate of drug-likeness (QED) is 0.531. The summed E-state index contributed by atoms with van der Waals surface area (Å²) in [5.41, 5.74) is 0. The topological polar surface area (TPSA) is 86.3 Å². The van der Waals surface area contributed by atoms with Crippen molar-refractivity contribution in [2.75, 3.05) is 6.54 Å². The number of halogens is 2. The zero-order valence-corrected chi connectivity index (χ0v) is 10.4. The SMILES string of the molecule is CCCCCCCNC(=O)C(F)(F)S(=O)(=O)[O-]. The lowest BCUT2D eigenvalue weighted by atomic mass is 10.1. The molecule has 0 spiro atoms. The molecule has 0 rings (SSSR count). The molecule has 1 N–H and O–H groups in total. The van der Waals surface area contributed by atoms with Crippen LogP contribution in [0.15, 0.2) is 0 Å². The molecule has 0 aromatic heterocycles. The van der Waals surface area contributed by atoms with Crippen molar-refractivity contribution < 1.29 is 26.5 Å². The van der Waals surface area contributed by atoms with Crippen LogP contribution < -0.4 is 5.32 Å². The van der Waals surface area contributed by atoms with Gasteiger partial charge in [-0.2, -0.15) is 8.78 Å². The predicted octanol–water partition coefficient (Wildman–Crippen LogP) is 1.21. The normalized spacial score (nSPS) is 12.5. The average molecular weight is 272 g/mol. The molecule has 1 amide bonds. The summed E-state index contributed by atoms with van der Waals surface area (Å²) in [6.45, 7) is 1.95. The predicted molar refractivity (Wildman–Crippen MR) is 56.4 cm³/mol. The van der Waals surface area contributed by atoms with E-state index in [-0.39, 0.29) is 6.54 Å². The number of rotatable bonds is 8. The summed E-state index contributed by atoms with van der Waals surface area (Å²) >= 11 is 0. The lowest BCUT2D eigenvalue weighted by Crippen LogP contribution is -2.46. The van der Waals surface area contributed by atoms with Crippen LogP contribution >= 0.6 is 0 Å². The van der Waals surface area contributed by atoms with Gasteiger partial charge in [0.1, 0.15) is 0 Å². The molecule has 0 aliphatic heterocycles. The Bertz CT molecular complexity index is 343. The number of nitrogens with one attached hydrogen (secondary N) is 1. The van der Waals surface area contributed by atoms with E-state index in [1.165, 1.54) is 0 Å². The molecule has 0 radical (unpaired) electrons. The largest absolute Gasteiger partial charge is 0.743 e. The highest BCUT2D eigenvalue weighted by Gasteiger charge is 2.46. The fraction of sp³-hybridized carbons (Fsp3) is 0.889. The molecule has 8 heteroatoms. The van der Waals surface area contributed by atoms with E-state index in [9.17, 15) is 26.5 Å². The lowest BCUT2D eigenvalue weighted by molar-refractivity contribution is -0.136. The molecule has 0 saturated heterocycles. The Morgan fingerprint density at radius 2 is 1.76 bits per heavy atom. The minimum Gasteiger partial charge on any atom is -0.743 e. The lowest BCUT2D eigenvalue weighted by Gasteiger charge is -2.18. The van der Waals surface area contributed by atoms with E-state index in [0.717, 1.165) is 25.7 Å². The smallest absolute Gasteiger partial charge is 0.410 e. The second-order valence-corrected chi connectivity index (χ2v) is 5.06. The molecule has 0 unspecified atom stereocenters. The number of carbonyl (C=O) groups excluding carboxylic acids is 1. The van der Waals surface area contributed by atoms with Gasteiger partial charge in [0.25, 0.3) is 0 Å². The van der Waals surface area contributed by atoms with Gasteiger partial charge in [-0.15, -0.1) is 0 Å². The first-order chi connectivity index (χ1) is 7.73. The molecular weight excluding hydrogens is 256 g/mol. The molecule has 102 valence electrons. The summed E-state index contributed by atoms with van der Waals surface area (Å²) < 4.78 is 55.6. The maximum absolute atomic E-state index is 12.6. The molecule has 0 bridgehead atoms. The summed E-state index contributed by atoms with van der Waals surface area (Å²) in [4.78, 5) is 10.8. The van der Waals surface area contributed by atoms with Gasteiger partial charge in [0, 0.05) is 6.54 Å². The van der Waals surface area contributed by atoms with E-state index in [0.29, 0.717) is 6.42 Å². The van der Waals surface area contributed by atoms with Gasteiger partial charge in [0.2, 0.25) is 0 Å². The van der Waals surface area contributed by atoms with Crippen LogP contribution in [-0.2, 0) is 14.9 Å². The van der Waals surface area contributed by atoms with Crippen LogP contribution in [0.3, 0.4) is 0 Å². The number of hydrogen-bond donors (Lipinski definition) is 1. The summed E-state index contributed by atoms with van der Waals surface area (Å²) in [6.07, 6.45) is 4.19. The highest BCUT2D eigenvalue weighted by Crippen LogP contribution is 2.20. The third kappa shape index (κ3) is 5.40. The summed E-state index contributed by atoms with van der Waals surface area (Å²) in [6, 6.07) is 0. The van der Waals surface area contributed by atoms with Crippen molar-refractivity contribution in [3.8, 4) is 0 Å². The Hall–Kier alpha value is -0.760. The molecule has 0 aromatic rings. The van der Waals surface area contributed by atoms with Crippen LogP contribution in [0.5, 0.6) is 0 Å². The standard InChI is InChI=1S/C9H17F2NO4S/c1-2-3-4-5-6-7-12-8(13)9(10,11)17(14,15)16/h2-7H2,1H3,(H,12,13)(H,14,15,16)/p-1. The van der Waals surface area contributed by atoms with E-state index in [2.05, 4.69) is 0 Å². The zero-order chi connectivity index (χ0) is 13.5. The number of hydrogen-bond acceptors (Lipinski definition) is 4. The average Bonchev–Trinajstić information content (AvgIpc) is 2.21. The number of amides is 1. The Labute approximate surface area is 99.3 Å². The number of carbonyl (C=O) groups is 1. The maximum Gasteiger partial charge on any atom is 0.410 e. The van der Waals surface area contributed by atoms with Gasteiger partial charge < -0.3 is 9.87 Å². The first kappa shape index (κ1) is 16.2. The van der Waals surface area contributed by atoms with Gasteiger partial charge in [0.15, 0.2) is 10.1 Å². The zero-order valence-electron chi connectivity index (χ0n) is 9.54. The van der Waals surface area contributed by atoms with Crippen molar-refractivity contribution >= 4 is 16.0 Å². The van der Waals surface area contributed by atoms with Crippen molar-refractivity contribution in [3.05, 3.63) is 0 Å². The maximum atomic E-state index is 12.6. The van der Waals surface area contributed by atoms with E-state index in [1.54, 1.807) is 5.32 Å². The van der Waals surface area contributed by atoms with Gasteiger partial charge in [-0.1, -0.05) is 32.6 Å². The highest BCUT2D eigenvalue weighted by molar-refractivity contribution is 7.87. The third-order valence-corrected chi connectivity index (χ3v) is 2.96. The first-order valence-corrected chi connectivity index (χ1v) is 6.76. The van der Waals surface area contributed by atoms with Crippen molar-refractivity contribution in [1.29, 1.82) is 0 Å². The molecule has 0 fully saturated rings. The second kappa shape index (κ2) is 6.85. The van der Waals surface area contributed by atoms with Gasteiger partial charge in [-0.25, -0.2) is 8.42 Å². The molecule has 0 aromatic carbocycles. The first-order valence-electron chi connectivity index (χ1n) is 5.35. The van der Waals surface area contributed by atoms with Crippen LogP contribution in [-0.4, -0.2) is 30.7 Å². The monoisotopic (exact) mass is 272 g/mol. The Morgan fingerprint density at radius 3 is 2.24 bits per heavy atom. The van der Waals surface area contributed by atoms with Gasteiger partial charge in [0.05, 0.1) is 0 Å². The van der Waals surface area contributed by atoms with Crippen molar-refractivity contribution in [3.63, 3.8) is 0 Å². The Kier molecular flexibility index (Phi) is 6.54. The van der Waals surface area contributed by atoms with Crippen molar-refractivity contribution in [2.24, 2.45) is 0 Å². The minimum atomic E-state index is -5.95. The van der Waals surface area contributed by atoms with Crippen LogP contribution in [0.25, 0.3) is 0 Å². The van der Waals surface area contributed by atoms with Crippen LogP contribution in [0.1, 0.15) is 39.0 Å². The molecule has 0 aliphatic rings. The molecule has 5 nitrogen and oxygen atoms in total. The Morgan fingerprint density at radius 1 is 1.24 bits per heavy atom. The van der Waals surface area contributed by atoms with Crippen molar-refractivity contribution in [1.82, 2.24) is 5.32 Å². The number of unbranched alkanes of at least 4 members (excludes halogenated alkanes) is 4. The minimum absolute atomic E-state index is 0.0618. The van der Waals surface area contributed by atoms with Crippen molar-refractivity contribution in [2.45, 2.75) is 44.3 Å². The molecular formula is C9H16F2NO4S-. The molecule has 0 heterocycles. The molecule has 0 aliphatic carbocycles. The summed E-state index contributed by atoms with van der Waals surface area (Å²) in [5.74, 6) is -2.05. The third-order valence-electron chi connectivity index (χ3n) is 2.14. The van der Waals surface area contributed by atoms with E-state index >= 15 is 0 Å².